The van der Waals surface area contributed by atoms with Crippen LogP contribution in [0.25, 0.3) is 0 Å². The lowest BCUT2D eigenvalue weighted by atomic mass is 9.92. The Hall–Kier alpha value is -1.09. The minimum Gasteiger partial charge on any atom is -0.359 e. The Morgan fingerprint density at radius 3 is 2.17 bits per heavy atom. The fraction of sp³-hybridized carbons (Fsp3) is 0.650. The number of para-hydroxylation sites is 1. The van der Waals surface area contributed by atoms with Crippen molar-refractivity contribution in [2.45, 2.75) is 71.3 Å². The van der Waals surface area contributed by atoms with E-state index in [0.717, 1.165) is 16.9 Å². The van der Waals surface area contributed by atoms with Crippen molar-refractivity contribution in [2.24, 2.45) is 11.8 Å². The summed E-state index contributed by atoms with van der Waals surface area (Å²) >= 11 is 5.66. The smallest absolute Gasteiger partial charge is 0.171 e. The first-order valence-corrected chi connectivity index (χ1v) is 9.56. The van der Waals surface area contributed by atoms with E-state index in [0.29, 0.717) is 17.9 Å². The molecule has 2 fully saturated rings. The summed E-state index contributed by atoms with van der Waals surface area (Å²) in [4.78, 5) is 0. The van der Waals surface area contributed by atoms with Gasteiger partial charge in [0.15, 0.2) is 5.11 Å². The molecule has 3 unspecified atom stereocenters. The number of rotatable bonds is 4. The van der Waals surface area contributed by atoms with Crippen molar-refractivity contribution in [3.63, 3.8) is 0 Å². The van der Waals surface area contributed by atoms with E-state index in [4.69, 9.17) is 12.2 Å². The van der Waals surface area contributed by atoms with Gasteiger partial charge in [0.2, 0.25) is 0 Å². The third-order valence-corrected chi connectivity index (χ3v) is 5.89. The molecule has 1 aromatic carbocycles. The van der Waals surface area contributed by atoms with Gasteiger partial charge in [0.1, 0.15) is 0 Å². The molecule has 2 nitrogen and oxygen atoms in total. The zero-order chi connectivity index (χ0) is 16.6. The first-order valence-electron chi connectivity index (χ1n) is 9.16. The van der Waals surface area contributed by atoms with Gasteiger partial charge in [-0.25, -0.2) is 0 Å². The molecule has 0 amide bonds. The number of hydrogen-bond acceptors (Lipinski definition) is 1. The van der Waals surface area contributed by atoms with Gasteiger partial charge in [-0.15, -0.1) is 0 Å². The predicted molar refractivity (Wildman–Crippen MR) is 103 cm³/mol. The Kier molecular flexibility index (Phi) is 4.96. The Balaban J connectivity index is 1.74. The van der Waals surface area contributed by atoms with Crippen molar-refractivity contribution in [1.29, 1.82) is 0 Å². The van der Waals surface area contributed by atoms with Crippen LogP contribution in [0.2, 0.25) is 0 Å². The van der Waals surface area contributed by atoms with E-state index in [1.165, 1.54) is 42.5 Å². The number of benzene rings is 1. The number of fused-ring (bicyclic) bond motifs is 2. The van der Waals surface area contributed by atoms with Crippen LogP contribution in [-0.2, 0) is 0 Å². The lowest BCUT2D eigenvalue weighted by molar-refractivity contribution is 0.392. The molecule has 2 aliphatic rings. The molecule has 1 aromatic rings. The minimum absolute atomic E-state index is 0.487. The Bertz CT molecular complexity index is 553. The van der Waals surface area contributed by atoms with Crippen LogP contribution in [0.5, 0.6) is 0 Å². The normalized spacial score (nSPS) is 26.1. The van der Waals surface area contributed by atoms with Gasteiger partial charge in [-0.3, -0.25) is 0 Å². The second-order valence-corrected chi connectivity index (χ2v) is 8.41. The van der Waals surface area contributed by atoms with Gasteiger partial charge in [-0.05, 0) is 66.3 Å². The molecule has 2 bridgehead atoms. The zero-order valence-electron chi connectivity index (χ0n) is 14.9. The summed E-state index contributed by atoms with van der Waals surface area (Å²) in [6.45, 7) is 8.99. The summed E-state index contributed by atoms with van der Waals surface area (Å²) in [5, 5.41) is 7.96. The highest BCUT2D eigenvalue weighted by Gasteiger charge is 2.39. The molecule has 2 aliphatic carbocycles. The molecule has 3 rings (SSSR count). The second-order valence-electron chi connectivity index (χ2n) is 8.00. The van der Waals surface area contributed by atoms with Crippen LogP contribution in [0.4, 0.5) is 5.69 Å². The first kappa shape index (κ1) is 16.8. The molecule has 0 saturated heterocycles. The molecule has 2 saturated carbocycles. The lowest BCUT2D eigenvalue weighted by Gasteiger charge is -2.26. The van der Waals surface area contributed by atoms with Crippen LogP contribution in [0.3, 0.4) is 0 Å². The minimum atomic E-state index is 0.487. The van der Waals surface area contributed by atoms with E-state index in [1.807, 2.05) is 0 Å². The van der Waals surface area contributed by atoms with Gasteiger partial charge in [0.25, 0.3) is 0 Å². The van der Waals surface area contributed by atoms with E-state index in [9.17, 15) is 0 Å². The summed E-state index contributed by atoms with van der Waals surface area (Å²) in [6.07, 6.45) is 5.51. The first-order chi connectivity index (χ1) is 11.0. The van der Waals surface area contributed by atoms with Crippen molar-refractivity contribution in [3.05, 3.63) is 29.3 Å². The van der Waals surface area contributed by atoms with Gasteiger partial charge >= 0.3 is 0 Å². The van der Waals surface area contributed by atoms with Crippen LogP contribution >= 0.6 is 12.2 Å². The average molecular weight is 331 g/mol. The molecule has 2 N–H and O–H groups in total. The summed E-state index contributed by atoms with van der Waals surface area (Å²) in [6, 6.07) is 7.20. The molecule has 3 heteroatoms. The van der Waals surface area contributed by atoms with Crippen LogP contribution in [0, 0.1) is 11.8 Å². The molecular weight excluding hydrogens is 300 g/mol. The van der Waals surface area contributed by atoms with Crippen LogP contribution in [0.15, 0.2) is 18.2 Å². The number of anilines is 1. The van der Waals surface area contributed by atoms with E-state index in [2.05, 4.69) is 56.5 Å². The average Bonchev–Trinajstić information content (AvgIpc) is 3.09. The molecule has 0 spiro atoms. The monoisotopic (exact) mass is 330 g/mol. The largest absolute Gasteiger partial charge is 0.359 e. The lowest BCUT2D eigenvalue weighted by Crippen LogP contribution is -2.41. The van der Waals surface area contributed by atoms with Gasteiger partial charge in [-0.2, -0.15) is 0 Å². The maximum absolute atomic E-state index is 5.66. The van der Waals surface area contributed by atoms with Gasteiger partial charge in [0.05, 0.1) is 0 Å². The zero-order valence-corrected chi connectivity index (χ0v) is 15.7. The van der Waals surface area contributed by atoms with Crippen LogP contribution in [0.1, 0.15) is 76.3 Å². The number of nitrogens with one attached hydrogen (secondary N) is 2. The predicted octanol–water partition coefficient (Wildman–Crippen LogP) is 5.41. The highest BCUT2D eigenvalue weighted by atomic mass is 32.1. The van der Waals surface area contributed by atoms with Crippen molar-refractivity contribution in [2.75, 3.05) is 5.32 Å². The Morgan fingerprint density at radius 1 is 1.04 bits per heavy atom. The molecular formula is C20H30N2S. The Morgan fingerprint density at radius 2 is 1.70 bits per heavy atom. The SMILES string of the molecule is CC(C)c1cccc(C(C)C)c1NC(=S)NC1CC2CCC1C2. The fourth-order valence-electron chi connectivity index (χ4n) is 4.43. The molecule has 0 aromatic heterocycles. The highest BCUT2D eigenvalue weighted by molar-refractivity contribution is 7.80. The van der Waals surface area contributed by atoms with Gasteiger partial charge in [0, 0.05) is 11.7 Å². The third-order valence-electron chi connectivity index (χ3n) is 5.67. The quantitative estimate of drug-likeness (QED) is 0.722. The molecule has 0 heterocycles. The van der Waals surface area contributed by atoms with E-state index < -0.39 is 0 Å². The highest BCUT2D eigenvalue weighted by Crippen LogP contribution is 2.44. The number of thiocarbonyl (C=S) groups is 1. The van der Waals surface area contributed by atoms with E-state index >= 15 is 0 Å². The standard InChI is InChI=1S/C20H30N2S/c1-12(2)16-6-5-7-17(13(3)4)19(16)22-20(23)21-18-11-14-8-9-15(18)10-14/h5-7,12-15,18H,8-11H2,1-4H3,(H2,21,22,23). The van der Waals surface area contributed by atoms with Crippen LogP contribution < -0.4 is 10.6 Å². The molecule has 0 radical (unpaired) electrons. The van der Waals surface area contributed by atoms with Crippen molar-refractivity contribution >= 4 is 23.0 Å². The maximum Gasteiger partial charge on any atom is 0.171 e. The van der Waals surface area contributed by atoms with E-state index in [1.54, 1.807) is 0 Å². The summed E-state index contributed by atoms with van der Waals surface area (Å²) in [5.41, 5.74) is 3.93. The molecule has 23 heavy (non-hydrogen) atoms. The summed E-state index contributed by atoms with van der Waals surface area (Å²) in [7, 11) is 0. The summed E-state index contributed by atoms with van der Waals surface area (Å²) in [5.74, 6) is 2.75. The van der Waals surface area contributed by atoms with Gasteiger partial charge in [-0.1, -0.05) is 52.3 Å². The van der Waals surface area contributed by atoms with Gasteiger partial charge < -0.3 is 10.6 Å². The van der Waals surface area contributed by atoms with Crippen molar-refractivity contribution in [3.8, 4) is 0 Å². The molecule has 0 aliphatic heterocycles. The third kappa shape index (κ3) is 3.55. The molecule has 126 valence electrons. The summed E-state index contributed by atoms with van der Waals surface area (Å²) < 4.78 is 0. The van der Waals surface area contributed by atoms with Crippen molar-refractivity contribution in [1.82, 2.24) is 5.32 Å². The fourth-order valence-corrected chi connectivity index (χ4v) is 4.69. The van der Waals surface area contributed by atoms with Crippen LogP contribution in [-0.4, -0.2) is 11.2 Å². The Labute approximate surface area is 146 Å². The maximum atomic E-state index is 5.66. The number of hydrogen-bond donors (Lipinski definition) is 2. The topological polar surface area (TPSA) is 24.1 Å². The van der Waals surface area contributed by atoms with Crippen molar-refractivity contribution < 1.29 is 0 Å². The van der Waals surface area contributed by atoms with E-state index in [-0.39, 0.29) is 0 Å². The second kappa shape index (κ2) is 6.80. The molecule has 3 atom stereocenters.